The van der Waals surface area contributed by atoms with Crippen LogP contribution in [0.2, 0.25) is 0 Å². The van der Waals surface area contributed by atoms with Gasteiger partial charge in [-0.3, -0.25) is 4.79 Å². The maximum absolute atomic E-state index is 12.7. The van der Waals surface area contributed by atoms with Crippen LogP contribution in [0.4, 0.5) is 5.69 Å². The fourth-order valence-corrected chi connectivity index (χ4v) is 3.26. The first kappa shape index (κ1) is 17.2. The molecule has 1 aromatic heterocycles. The zero-order valence-corrected chi connectivity index (χ0v) is 14.7. The van der Waals surface area contributed by atoms with E-state index in [0.717, 1.165) is 24.1 Å². The number of hydrogen-bond donors (Lipinski definition) is 0. The molecular weight excluding hydrogens is 320 g/mol. The number of fused-ring (bicyclic) bond motifs is 1. The summed E-state index contributed by atoms with van der Waals surface area (Å²) in [5, 5.41) is 3.84. The van der Waals surface area contributed by atoms with E-state index in [1.165, 1.54) is 0 Å². The van der Waals surface area contributed by atoms with Crippen molar-refractivity contribution in [3.63, 3.8) is 0 Å². The average Bonchev–Trinajstić information content (AvgIpc) is 3.00. The molecule has 1 aliphatic heterocycles. The second-order valence-electron chi connectivity index (χ2n) is 6.27. The molecule has 1 atom stereocenters. The zero-order valence-electron chi connectivity index (χ0n) is 14.7. The molecule has 6 nitrogen and oxygen atoms in total. The summed E-state index contributed by atoms with van der Waals surface area (Å²) < 4.78 is 10.3. The molecule has 0 spiro atoms. The molecule has 0 unspecified atom stereocenters. The lowest BCUT2D eigenvalue weighted by atomic mass is 9.96. The summed E-state index contributed by atoms with van der Waals surface area (Å²) in [5.41, 5.74) is 2.91. The molecule has 2 aromatic rings. The number of esters is 1. The van der Waals surface area contributed by atoms with E-state index >= 15 is 0 Å². The predicted octanol–water partition coefficient (Wildman–Crippen LogP) is 3.07. The Kier molecular flexibility index (Phi) is 4.88. The number of amides is 1. The fraction of sp³-hybridized carbons (Fsp3) is 0.421. The number of anilines is 1. The smallest absolute Gasteiger partial charge is 0.344 e. The van der Waals surface area contributed by atoms with Gasteiger partial charge >= 0.3 is 5.97 Å². The molecule has 0 saturated carbocycles. The third-order valence-corrected chi connectivity index (χ3v) is 4.59. The molecule has 0 aliphatic carbocycles. The molecule has 25 heavy (non-hydrogen) atoms. The number of ether oxygens (including phenoxy) is 1. The van der Waals surface area contributed by atoms with Crippen LogP contribution in [-0.2, 0) is 22.4 Å². The van der Waals surface area contributed by atoms with Gasteiger partial charge in [0.2, 0.25) is 0 Å². The van der Waals surface area contributed by atoms with Crippen LogP contribution in [-0.4, -0.2) is 29.7 Å². The topological polar surface area (TPSA) is 72.6 Å². The van der Waals surface area contributed by atoms with E-state index in [9.17, 15) is 9.59 Å². The number of aryl methyl sites for hydroxylation is 3. The van der Waals surface area contributed by atoms with Crippen molar-refractivity contribution in [1.29, 1.82) is 0 Å². The second-order valence-corrected chi connectivity index (χ2v) is 6.27. The second kappa shape index (κ2) is 7.09. The summed E-state index contributed by atoms with van der Waals surface area (Å²) in [4.78, 5) is 26.8. The van der Waals surface area contributed by atoms with Crippen LogP contribution in [0.25, 0.3) is 0 Å². The van der Waals surface area contributed by atoms with Crippen LogP contribution < -0.4 is 4.90 Å². The highest BCUT2D eigenvalue weighted by Gasteiger charge is 2.29. The van der Waals surface area contributed by atoms with Gasteiger partial charge in [0.25, 0.3) is 5.91 Å². The van der Waals surface area contributed by atoms with E-state index < -0.39 is 5.97 Å². The minimum atomic E-state index is -0.568. The monoisotopic (exact) mass is 342 g/mol. The van der Waals surface area contributed by atoms with Gasteiger partial charge in [-0.1, -0.05) is 30.3 Å². The Morgan fingerprint density at radius 3 is 2.88 bits per heavy atom. The van der Waals surface area contributed by atoms with E-state index in [2.05, 4.69) is 5.16 Å². The summed E-state index contributed by atoms with van der Waals surface area (Å²) in [6.07, 6.45) is 2.40. The van der Waals surface area contributed by atoms with Gasteiger partial charge in [0.15, 0.2) is 6.61 Å². The number of rotatable bonds is 4. The van der Waals surface area contributed by atoms with Crippen molar-refractivity contribution in [2.75, 3.05) is 11.5 Å². The Labute approximate surface area is 146 Å². The fourth-order valence-electron chi connectivity index (χ4n) is 3.26. The lowest BCUT2D eigenvalue weighted by Crippen LogP contribution is -2.44. The highest BCUT2D eigenvalue weighted by Crippen LogP contribution is 2.30. The Morgan fingerprint density at radius 1 is 1.36 bits per heavy atom. The largest absolute Gasteiger partial charge is 0.452 e. The third-order valence-electron chi connectivity index (χ3n) is 4.59. The van der Waals surface area contributed by atoms with Crippen molar-refractivity contribution in [2.45, 2.75) is 46.1 Å². The van der Waals surface area contributed by atoms with E-state index in [1.807, 2.05) is 38.1 Å². The third kappa shape index (κ3) is 3.29. The van der Waals surface area contributed by atoms with Crippen LogP contribution in [0, 0.1) is 6.92 Å². The molecule has 0 radical (unpaired) electrons. The molecule has 0 fully saturated rings. The molecule has 6 heteroatoms. The Balaban J connectivity index is 1.73. The van der Waals surface area contributed by atoms with E-state index in [-0.39, 0.29) is 18.6 Å². The van der Waals surface area contributed by atoms with Crippen LogP contribution >= 0.6 is 0 Å². The highest BCUT2D eigenvalue weighted by molar-refractivity contribution is 5.98. The molecular formula is C19H22N2O4. The molecule has 1 aromatic carbocycles. The van der Waals surface area contributed by atoms with Gasteiger partial charge in [-0.05, 0) is 44.7 Å². The zero-order chi connectivity index (χ0) is 18.0. The number of aromatic nitrogens is 1. The lowest BCUT2D eigenvalue weighted by Gasteiger charge is -2.35. The quantitative estimate of drug-likeness (QED) is 0.799. The number of hydrogen-bond acceptors (Lipinski definition) is 5. The number of carbonyl (C=O) groups is 2. The first-order valence-electron chi connectivity index (χ1n) is 8.55. The molecule has 0 N–H and O–H groups in total. The van der Waals surface area contributed by atoms with E-state index in [0.29, 0.717) is 23.4 Å². The maximum Gasteiger partial charge on any atom is 0.344 e. The molecule has 3 rings (SSSR count). The lowest BCUT2D eigenvalue weighted by molar-refractivity contribution is -0.122. The molecule has 0 bridgehead atoms. The number of carbonyl (C=O) groups excluding carboxylic acids is 2. The van der Waals surface area contributed by atoms with Gasteiger partial charge in [0, 0.05) is 11.7 Å². The number of para-hydroxylation sites is 1. The Morgan fingerprint density at radius 2 is 2.12 bits per heavy atom. The molecule has 0 saturated heterocycles. The standard InChI is InChI=1S/C19H22N2O4/c1-4-15-18(13(3)25-20-15)19(23)24-11-17(22)21-12(2)9-10-14-7-5-6-8-16(14)21/h5-8,12H,4,9-11H2,1-3H3/t12-/m1/s1. The van der Waals surface area contributed by atoms with Crippen molar-refractivity contribution in [3.05, 3.63) is 46.8 Å². The van der Waals surface area contributed by atoms with Gasteiger partial charge in [-0.2, -0.15) is 0 Å². The minimum absolute atomic E-state index is 0.0737. The van der Waals surface area contributed by atoms with Crippen molar-refractivity contribution < 1.29 is 18.8 Å². The summed E-state index contributed by atoms with van der Waals surface area (Å²) in [5.74, 6) is -0.381. The first-order chi connectivity index (χ1) is 12.0. The molecule has 1 aliphatic rings. The minimum Gasteiger partial charge on any atom is -0.452 e. The first-order valence-corrected chi connectivity index (χ1v) is 8.55. The van der Waals surface area contributed by atoms with Crippen molar-refractivity contribution in [3.8, 4) is 0 Å². The Hall–Kier alpha value is -2.63. The van der Waals surface area contributed by atoms with Crippen LogP contribution in [0.5, 0.6) is 0 Å². The molecule has 132 valence electrons. The summed E-state index contributed by atoms with van der Waals surface area (Å²) in [6, 6.07) is 7.92. The van der Waals surface area contributed by atoms with E-state index in [1.54, 1.807) is 11.8 Å². The summed E-state index contributed by atoms with van der Waals surface area (Å²) in [7, 11) is 0. The highest BCUT2D eigenvalue weighted by atomic mass is 16.5. The van der Waals surface area contributed by atoms with Crippen LogP contribution in [0.3, 0.4) is 0 Å². The normalized spacial score (nSPS) is 16.4. The summed E-state index contributed by atoms with van der Waals surface area (Å²) in [6.45, 7) is 5.25. The van der Waals surface area contributed by atoms with Crippen LogP contribution in [0.1, 0.15) is 47.6 Å². The van der Waals surface area contributed by atoms with Crippen molar-refractivity contribution in [1.82, 2.24) is 5.16 Å². The van der Waals surface area contributed by atoms with E-state index in [4.69, 9.17) is 9.26 Å². The molecule has 2 heterocycles. The molecule has 1 amide bonds. The van der Waals surface area contributed by atoms with Gasteiger partial charge in [0.1, 0.15) is 11.3 Å². The van der Waals surface area contributed by atoms with Gasteiger partial charge in [-0.15, -0.1) is 0 Å². The van der Waals surface area contributed by atoms with Gasteiger partial charge < -0.3 is 14.2 Å². The average molecular weight is 342 g/mol. The van der Waals surface area contributed by atoms with Gasteiger partial charge in [-0.25, -0.2) is 4.79 Å². The van der Waals surface area contributed by atoms with Crippen molar-refractivity contribution >= 4 is 17.6 Å². The van der Waals surface area contributed by atoms with Crippen molar-refractivity contribution in [2.24, 2.45) is 0 Å². The van der Waals surface area contributed by atoms with Gasteiger partial charge in [0.05, 0.1) is 5.69 Å². The maximum atomic E-state index is 12.7. The number of benzene rings is 1. The van der Waals surface area contributed by atoms with Crippen LogP contribution in [0.15, 0.2) is 28.8 Å². The SMILES string of the molecule is CCc1noc(C)c1C(=O)OCC(=O)N1c2ccccc2CC[C@H]1C. The number of nitrogens with zero attached hydrogens (tertiary/aromatic N) is 2. The summed E-state index contributed by atoms with van der Waals surface area (Å²) >= 11 is 0. The predicted molar refractivity (Wildman–Crippen MR) is 92.6 cm³/mol. The Bertz CT molecular complexity index is 796.